The van der Waals surface area contributed by atoms with Crippen molar-refractivity contribution in [1.82, 2.24) is 4.90 Å². The molecule has 1 unspecified atom stereocenters. The fourth-order valence-electron chi connectivity index (χ4n) is 1.96. The number of nitrogens with two attached hydrogens (primary N) is 1. The van der Waals surface area contributed by atoms with Crippen LogP contribution in [-0.4, -0.2) is 38.7 Å². The molecule has 0 aliphatic rings. The third-order valence-corrected chi connectivity index (χ3v) is 2.72. The first-order valence-corrected chi connectivity index (χ1v) is 6.22. The highest BCUT2D eigenvalue weighted by molar-refractivity contribution is 5.27. The Hall–Kier alpha value is -1.06. The van der Waals surface area contributed by atoms with E-state index in [0.717, 1.165) is 25.3 Å². The standard InChI is InChI=1S/C14H24N2O/c1-4-17-14-7-5-12(6-8-14)9-13(10-15)11-16(2)3/h5-8,13H,4,9-11,15H2,1-3H3. The van der Waals surface area contributed by atoms with Crippen molar-refractivity contribution in [2.75, 3.05) is 33.8 Å². The molecule has 0 heterocycles. The minimum Gasteiger partial charge on any atom is -0.494 e. The fourth-order valence-corrected chi connectivity index (χ4v) is 1.96. The molecule has 0 aliphatic carbocycles. The first-order valence-electron chi connectivity index (χ1n) is 6.22. The molecule has 0 amide bonds. The first-order chi connectivity index (χ1) is 8.15. The van der Waals surface area contributed by atoms with E-state index in [9.17, 15) is 0 Å². The average molecular weight is 236 g/mol. The van der Waals surface area contributed by atoms with Gasteiger partial charge in [-0.2, -0.15) is 0 Å². The summed E-state index contributed by atoms with van der Waals surface area (Å²) in [5.74, 6) is 1.45. The van der Waals surface area contributed by atoms with Crippen LogP contribution >= 0.6 is 0 Å². The average Bonchev–Trinajstić information content (AvgIpc) is 2.30. The van der Waals surface area contributed by atoms with E-state index in [4.69, 9.17) is 10.5 Å². The summed E-state index contributed by atoms with van der Waals surface area (Å²) in [6.07, 6.45) is 1.03. The molecule has 0 saturated heterocycles. The minimum atomic E-state index is 0.517. The van der Waals surface area contributed by atoms with E-state index in [1.807, 2.05) is 19.1 Å². The van der Waals surface area contributed by atoms with E-state index >= 15 is 0 Å². The van der Waals surface area contributed by atoms with Crippen LogP contribution in [-0.2, 0) is 6.42 Å². The molecule has 1 aromatic carbocycles. The van der Waals surface area contributed by atoms with Gasteiger partial charge in [-0.1, -0.05) is 12.1 Å². The Morgan fingerprint density at radius 2 is 1.88 bits per heavy atom. The maximum absolute atomic E-state index is 5.80. The van der Waals surface area contributed by atoms with Crippen LogP contribution in [0.5, 0.6) is 5.75 Å². The van der Waals surface area contributed by atoms with Gasteiger partial charge in [-0.25, -0.2) is 0 Å². The second kappa shape index (κ2) is 7.30. The molecule has 0 aliphatic heterocycles. The first kappa shape index (κ1) is 14.0. The van der Waals surface area contributed by atoms with Crippen LogP contribution in [0.3, 0.4) is 0 Å². The smallest absolute Gasteiger partial charge is 0.119 e. The molecule has 2 N–H and O–H groups in total. The van der Waals surface area contributed by atoms with Crippen LogP contribution in [0.25, 0.3) is 0 Å². The molecule has 1 rings (SSSR count). The molecule has 0 radical (unpaired) electrons. The predicted octanol–water partition coefficient (Wildman–Crippen LogP) is 1.76. The van der Waals surface area contributed by atoms with Gasteiger partial charge in [0.25, 0.3) is 0 Å². The number of hydrogen-bond donors (Lipinski definition) is 1. The molecule has 0 saturated carbocycles. The summed E-state index contributed by atoms with van der Waals surface area (Å²) >= 11 is 0. The highest BCUT2D eigenvalue weighted by Crippen LogP contribution is 2.15. The van der Waals surface area contributed by atoms with Crippen molar-refractivity contribution >= 4 is 0 Å². The molecular weight excluding hydrogens is 212 g/mol. The quantitative estimate of drug-likeness (QED) is 0.784. The van der Waals surface area contributed by atoms with Gasteiger partial charge < -0.3 is 15.4 Å². The number of nitrogens with zero attached hydrogens (tertiary/aromatic N) is 1. The Balaban J connectivity index is 2.54. The topological polar surface area (TPSA) is 38.5 Å². The number of ether oxygens (including phenoxy) is 1. The minimum absolute atomic E-state index is 0.517. The van der Waals surface area contributed by atoms with Crippen molar-refractivity contribution in [2.45, 2.75) is 13.3 Å². The zero-order valence-electron chi connectivity index (χ0n) is 11.1. The van der Waals surface area contributed by atoms with Crippen molar-refractivity contribution in [2.24, 2.45) is 11.7 Å². The second-order valence-corrected chi connectivity index (χ2v) is 4.65. The molecule has 3 nitrogen and oxygen atoms in total. The van der Waals surface area contributed by atoms with Crippen molar-refractivity contribution < 1.29 is 4.74 Å². The van der Waals surface area contributed by atoms with Crippen LogP contribution in [0.15, 0.2) is 24.3 Å². The summed E-state index contributed by atoms with van der Waals surface area (Å²) in [7, 11) is 4.17. The lowest BCUT2D eigenvalue weighted by Gasteiger charge is -2.19. The monoisotopic (exact) mass is 236 g/mol. The normalized spacial score (nSPS) is 12.8. The van der Waals surface area contributed by atoms with Gasteiger partial charge in [-0.05, 0) is 57.6 Å². The molecule has 0 fully saturated rings. The Morgan fingerprint density at radius 1 is 1.24 bits per heavy atom. The zero-order valence-corrected chi connectivity index (χ0v) is 11.1. The summed E-state index contributed by atoms with van der Waals surface area (Å²) in [5.41, 5.74) is 7.12. The van der Waals surface area contributed by atoms with Crippen LogP contribution in [0, 0.1) is 5.92 Å². The van der Waals surface area contributed by atoms with E-state index in [1.54, 1.807) is 0 Å². The van der Waals surface area contributed by atoms with Gasteiger partial charge in [0, 0.05) is 6.54 Å². The van der Waals surface area contributed by atoms with Gasteiger partial charge in [-0.15, -0.1) is 0 Å². The fraction of sp³-hybridized carbons (Fsp3) is 0.571. The van der Waals surface area contributed by atoms with Gasteiger partial charge in [0.1, 0.15) is 5.75 Å². The summed E-state index contributed by atoms with van der Waals surface area (Å²) < 4.78 is 5.42. The van der Waals surface area contributed by atoms with Crippen LogP contribution in [0.4, 0.5) is 0 Å². The van der Waals surface area contributed by atoms with Crippen molar-refractivity contribution in [3.05, 3.63) is 29.8 Å². The third kappa shape index (κ3) is 5.20. The lowest BCUT2D eigenvalue weighted by Crippen LogP contribution is -2.29. The predicted molar refractivity (Wildman–Crippen MR) is 72.4 cm³/mol. The SMILES string of the molecule is CCOc1ccc(CC(CN)CN(C)C)cc1. The number of hydrogen-bond acceptors (Lipinski definition) is 3. The molecule has 0 bridgehead atoms. The van der Waals surface area contributed by atoms with Crippen LogP contribution < -0.4 is 10.5 Å². The van der Waals surface area contributed by atoms with Gasteiger partial charge in [0.2, 0.25) is 0 Å². The van der Waals surface area contributed by atoms with Gasteiger partial charge in [0.15, 0.2) is 0 Å². The maximum atomic E-state index is 5.80. The molecule has 0 spiro atoms. The van der Waals surface area contributed by atoms with Gasteiger partial charge in [-0.3, -0.25) is 0 Å². The highest BCUT2D eigenvalue weighted by atomic mass is 16.5. The Bertz CT molecular complexity index is 309. The van der Waals surface area contributed by atoms with E-state index in [-0.39, 0.29) is 0 Å². The summed E-state index contributed by atoms with van der Waals surface area (Å²) in [4.78, 5) is 2.19. The molecule has 3 heteroatoms. The molecule has 1 aromatic rings. The lowest BCUT2D eigenvalue weighted by molar-refractivity contribution is 0.326. The largest absolute Gasteiger partial charge is 0.494 e. The molecule has 0 aromatic heterocycles. The van der Waals surface area contributed by atoms with Gasteiger partial charge in [0.05, 0.1) is 6.61 Å². The number of rotatable bonds is 7. The maximum Gasteiger partial charge on any atom is 0.119 e. The Morgan fingerprint density at radius 3 is 2.35 bits per heavy atom. The molecule has 96 valence electrons. The molecular formula is C14H24N2O. The van der Waals surface area contributed by atoms with E-state index < -0.39 is 0 Å². The van der Waals surface area contributed by atoms with E-state index in [0.29, 0.717) is 12.5 Å². The van der Waals surface area contributed by atoms with Crippen LogP contribution in [0.1, 0.15) is 12.5 Å². The zero-order chi connectivity index (χ0) is 12.7. The van der Waals surface area contributed by atoms with Crippen LogP contribution in [0.2, 0.25) is 0 Å². The summed E-state index contributed by atoms with van der Waals surface area (Å²) in [5, 5.41) is 0. The van der Waals surface area contributed by atoms with E-state index in [1.165, 1.54) is 5.56 Å². The van der Waals surface area contributed by atoms with Crippen molar-refractivity contribution in [1.29, 1.82) is 0 Å². The molecule has 1 atom stereocenters. The Kier molecular flexibility index (Phi) is 6.01. The highest BCUT2D eigenvalue weighted by Gasteiger charge is 2.09. The molecule has 17 heavy (non-hydrogen) atoms. The summed E-state index contributed by atoms with van der Waals surface area (Å²) in [6.45, 7) is 4.47. The van der Waals surface area contributed by atoms with Gasteiger partial charge >= 0.3 is 0 Å². The second-order valence-electron chi connectivity index (χ2n) is 4.65. The Labute approximate surface area is 105 Å². The van der Waals surface area contributed by atoms with E-state index in [2.05, 4.69) is 31.1 Å². The number of benzene rings is 1. The lowest BCUT2D eigenvalue weighted by atomic mass is 9.99. The third-order valence-electron chi connectivity index (χ3n) is 2.72. The van der Waals surface area contributed by atoms with Crippen molar-refractivity contribution in [3.8, 4) is 5.75 Å². The van der Waals surface area contributed by atoms with Crippen molar-refractivity contribution in [3.63, 3.8) is 0 Å². The summed E-state index contributed by atoms with van der Waals surface area (Å²) in [6, 6.07) is 8.32.